The van der Waals surface area contributed by atoms with Crippen LogP contribution in [-0.2, 0) is 6.42 Å². The first kappa shape index (κ1) is 11.7. The number of thiazole rings is 2. The minimum atomic E-state index is 0.0520. The van der Waals surface area contributed by atoms with Crippen LogP contribution in [0.3, 0.4) is 0 Å². The molecule has 2 aromatic rings. The number of hydrogen-bond donors (Lipinski definition) is 2. The van der Waals surface area contributed by atoms with Crippen LogP contribution in [0.2, 0.25) is 0 Å². The molecule has 1 unspecified atom stereocenters. The van der Waals surface area contributed by atoms with Crippen LogP contribution in [0.1, 0.15) is 27.3 Å². The Morgan fingerprint density at radius 1 is 1.50 bits per heavy atom. The molecular formula is C10H14N4S2. The number of nitrogens with one attached hydrogen (secondary N) is 1. The maximum absolute atomic E-state index is 5.55. The molecule has 0 bridgehead atoms. The summed E-state index contributed by atoms with van der Waals surface area (Å²) in [5, 5.41) is 3.11. The van der Waals surface area contributed by atoms with Crippen molar-refractivity contribution >= 4 is 22.7 Å². The molecule has 1 atom stereocenters. The van der Waals surface area contributed by atoms with Gasteiger partial charge in [-0.3, -0.25) is 11.3 Å². The number of aryl methyl sites for hydroxylation is 2. The molecule has 0 radical (unpaired) electrons. The van der Waals surface area contributed by atoms with E-state index in [0.29, 0.717) is 0 Å². The van der Waals surface area contributed by atoms with Gasteiger partial charge in [-0.1, -0.05) is 0 Å². The molecule has 2 rings (SSSR count). The lowest BCUT2D eigenvalue weighted by Crippen LogP contribution is -2.29. The van der Waals surface area contributed by atoms with Crippen molar-refractivity contribution in [2.24, 2.45) is 5.84 Å². The van der Waals surface area contributed by atoms with Gasteiger partial charge in [0, 0.05) is 16.7 Å². The Balaban J connectivity index is 2.13. The normalized spacial score (nSPS) is 12.9. The fourth-order valence-electron chi connectivity index (χ4n) is 1.44. The molecule has 4 nitrogen and oxygen atoms in total. The van der Waals surface area contributed by atoms with Crippen LogP contribution in [0, 0.1) is 13.8 Å². The van der Waals surface area contributed by atoms with Crippen molar-refractivity contribution in [1.29, 1.82) is 0 Å². The molecule has 0 fully saturated rings. The summed E-state index contributed by atoms with van der Waals surface area (Å²) < 4.78 is 0. The van der Waals surface area contributed by atoms with E-state index in [1.165, 1.54) is 4.88 Å². The topological polar surface area (TPSA) is 63.8 Å². The van der Waals surface area contributed by atoms with Gasteiger partial charge in [-0.25, -0.2) is 9.97 Å². The van der Waals surface area contributed by atoms with E-state index in [1.807, 2.05) is 17.8 Å². The maximum Gasteiger partial charge on any atom is 0.0950 e. The van der Waals surface area contributed by atoms with Gasteiger partial charge in [-0.05, 0) is 13.8 Å². The van der Waals surface area contributed by atoms with Crippen LogP contribution in [0.15, 0.2) is 10.9 Å². The zero-order valence-electron chi connectivity index (χ0n) is 9.23. The molecule has 0 saturated carbocycles. The molecule has 0 aliphatic carbocycles. The summed E-state index contributed by atoms with van der Waals surface area (Å²) in [5.74, 6) is 5.55. The van der Waals surface area contributed by atoms with Crippen LogP contribution >= 0.6 is 22.7 Å². The second-order valence-electron chi connectivity index (χ2n) is 3.59. The summed E-state index contributed by atoms with van der Waals surface area (Å²) in [6, 6.07) is 0.0520. The predicted molar refractivity (Wildman–Crippen MR) is 67.5 cm³/mol. The highest BCUT2D eigenvalue weighted by atomic mass is 32.1. The maximum atomic E-state index is 5.55. The molecule has 0 spiro atoms. The van der Waals surface area contributed by atoms with Gasteiger partial charge in [0.1, 0.15) is 0 Å². The number of hydrazine groups is 1. The van der Waals surface area contributed by atoms with Gasteiger partial charge in [-0.15, -0.1) is 22.7 Å². The Hall–Kier alpha value is -0.820. The van der Waals surface area contributed by atoms with E-state index in [4.69, 9.17) is 5.84 Å². The molecule has 86 valence electrons. The molecule has 3 N–H and O–H groups in total. The van der Waals surface area contributed by atoms with E-state index in [2.05, 4.69) is 22.3 Å². The van der Waals surface area contributed by atoms with Crippen molar-refractivity contribution in [3.05, 3.63) is 32.2 Å². The Morgan fingerprint density at radius 3 is 2.81 bits per heavy atom. The van der Waals surface area contributed by atoms with Crippen LogP contribution in [-0.4, -0.2) is 9.97 Å². The summed E-state index contributed by atoms with van der Waals surface area (Å²) in [4.78, 5) is 10.0. The summed E-state index contributed by atoms with van der Waals surface area (Å²) in [7, 11) is 0. The monoisotopic (exact) mass is 254 g/mol. The summed E-state index contributed by atoms with van der Waals surface area (Å²) >= 11 is 3.30. The first-order valence-electron chi connectivity index (χ1n) is 4.98. The van der Waals surface area contributed by atoms with Crippen molar-refractivity contribution in [2.75, 3.05) is 0 Å². The fourth-order valence-corrected chi connectivity index (χ4v) is 3.03. The largest absolute Gasteiger partial charge is 0.271 e. The van der Waals surface area contributed by atoms with Crippen LogP contribution < -0.4 is 11.3 Å². The molecule has 0 amide bonds. The third kappa shape index (κ3) is 2.46. The first-order valence-corrected chi connectivity index (χ1v) is 6.73. The first-order chi connectivity index (χ1) is 7.70. The smallest absolute Gasteiger partial charge is 0.0950 e. The third-order valence-electron chi connectivity index (χ3n) is 2.46. The quantitative estimate of drug-likeness (QED) is 0.647. The number of aromatic nitrogens is 2. The van der Waals surface area contributed by atoms with Crippen molar-refractivity contribution in [2.45, 2.75) is 26.3 Å². The molecule has 2 aromatic heterocycles. The summed E-state index contributed by atoms with van der Waals surface area (Å²) in [5.41, 5.74) is 6.70. The third-order valence-corrected chi connectivity index (χ3v) is 4.16. The van der Waals surface area contributed by atoms with E-state index in [9.17, 15) is 0 Å². The Labute approximate surface area is 103 Å². The fraction of sp³-hybridized carbons (Fsp3) is 0.400. The van der Waals surface area contributed by atoms with Gasteiger partial charge in [0.05, 0.1) is 27.9 Å². The van der Waals surface area contributed by atoms with Gasteiger partial charge < -0.3 is 0 Å². The Morgan fingerprint density at radius 2 is 2.31 bits per heavy atom. The van der Waals surface area contributed by atoms with Gasteiger partial charge in [0.25, 0.3) is 0 Å². The average molecular weight is 254 g/mol. The number of nitrogens with two attached hydrogens (primary N) is 1. The van der Waals surface area contributed by atoms with Crippen molar-refractivity contribution in [1.82, 2.24) is 15.4 Å². The Kier molecular flexibility index (Phi) is 3.65. The zero-order chi connectivity index (χ0) is 11.5. The number of nitrogens with zero attached hydrogens (tertiary/aromatic N) is 2. The highest BCUT2D eigenvalue weighted by Gasteiger charge is 2.15. The van der Waals surface area contributed by atoms with Gasteiger partial charge >= 0.3 is 0 Å². The summed E-state index contributed by atoms with van der Waals surface area (Å²) in [6.45, 7) is 4.12. The van der Waals surface area contributed by atoms with Gasteiger partial charge in [0.15, 0.2) is 0 Å². The van der Waals surface area contributed by atoms with E-state index < -0.39 is 0 Å². The lowest BCUT2D eigenvalue weighted by Gasteiger charge is -2.11. The van der Waals surface area contributed by atoms with Crippen LogP contribution in [0.5, 0.6) is 0 Å². The number of rotatable bonds is 4. The van der Waals surface area contributed by atoms with Crippen LogP contribution in [0.25, 0.3) is 0 Å². The average Bonchev–Trinajstić information content (AvgIpc) is 2.86. The SMILES string of the molecule is Cc1nc(CC(NN)c2cscn2)sc1C. The highest BCUT2D eigenvalue weighted by molar-refractivity contribution is 7.11. The molecule has 0 aromatic carbocycles. The van der Waals surface area contributed by atoms with Crippen molar-refractivity contribution in [3.8, 4) is 0 Å². The Bertz CT molecular complexity index is 430. The lowest BCUT2D eigenvalue weighted by molar-refractivity contribution is 0.539. The van der Waals surface area contributed by atoms with E-state index in [-0.39, 0.29) is 6.04 Å². The lowest BCUT2D eigenvalue weighted by atomic mass is 10.2. The highest BCUT2D eigenvalue weighted by Crippen LogP contribution is 2.22. The molecule has 0 aliphatic heterocycles. The van der Waals surface area contributed by atoms with E-state index in [1.54, 1.807) is 22.7 Å². The molecule has 16 heavy (non-hydrogen) atoms. The van der Waals surface area contributed by atoms with Gasteiger partial charge in [0.2, 0.25) is 0 Å². The van der Waals surface area contributed by atoms with Crippen LogP contribution in [0.4, 0.5) is 0 Å². The molecule has 6 heteroatoms. The summed E-state index contributed by atoms with van der Waals surface area (Å²) in [6.07, 6.45) is 0.791. The van der Waals surface area contributed by atoms with Crippen molar-refractivity contribution < 1.29 is 0 Å². The molecule has 2 heterocycles. The predicted octanol–water partition coefficient (Wildman–Crippen LogP) is 1.96. The number of hydrogen-bond acceptors (Lipinski definition) is 6. The molecule has 0 saturated heterocycles. The second kappa shape index (κ2) is 5.01. The standard InChI is InChI=1S/C10H14N4S2/c1-6-7(2)16-10(13-6)3-8(14-11)9-4-15-5-12-9/h4-5,8,14H,3,11H2,1-2H3. The minimum Gasteiger partial charge on any atom is -0.271 e. The van der Waals surface area contributed by atoms with E-state index >= 15 is 0 Å². The van der Waals surface area contributed by atoms with E-state index in [0.717, 1.165) is 22.8 Å². The molecule has 0 aliphatic rings. The second-order valence-corrected chi connectivity index (χ2v) is 5.59. The zero-order valence-corrected chi connectivity index (χ0v) is 10.9. The van der Waals surface area contributed by atoms with Gasteiger partial charge in [-0.2, -0.15) is 0 Å². The van der Waals surface area contributed by atoms with Crippen molar-refractivity contribution in [3.63, 3.8) is 0 Å². The minimum absolute atomic E-state index is 0.0520. The molecular weight excluding hydrogens is 240 g/mol.